The fourth-order valence-electron chi connectivity index (χ4n) is 2.42. The maximum absolute atomic E-state index is 10.5. The van der Waals surface area contributed by atoms with Gasteiger partial charge >= 0.3 is 0 Å². The molecule has 96 valence electrons. The van der Waals surface area contributed by atoms with Gasteiger partial charge in [-0.15, -0.1) is 0 Å². The van der Waals surface area contributed by atoms with E-state index in [0.717, 1.165) is 17.5 Å². The zero-order valence-corrected chi connectivity index (χ0v) is 11.1. The molecule has 1 aromatic carbocycles. The lowest BCUT2D eigenvalue weighted by atomic mass is 9.75. The summed E-state index contributed by atoms with van der Waals surface area (Å²) in [6, 6.07) is 7.58. The molecule has 0 amide bonds. The Balaban J connectivity index is 2.34. The average molecular weight is 266 g/mol. The van der Waals surface area contributed by atoms with Crippen molar-refractivity contribution in [3.63, 3.8) is 0 Å². The van der Waals surface area contributed by atoms with Crippen LogP contribution in [-0.4, -0.2) is 18.3 Å². The van der Waals surface area contributed by atoms with E-state index in [2.05, 4.69) is 6.07 Å². The lowest BCUT2D eigenvalue weighted by Crippen LogP contribution is -2.36. The number of hydrogen-bond acceptors (Lipinski definition) is 3. The van der Waals surface area contributed by atoms with Gasteiger partial charge in [-0.3, -0.25) is 0 Å². The normalized spacial score (nSPS) is 25.4. The predicted molar refractivity (Wildman–Crippen MR) is 69.2 cm³/mol. The molecule has 0 aromatic heterocycles. The molecule has 1 saturated heterocycles. The summed E-state index contributed by atoms with van der Waals surface area (Å²) in [5.41, 5.74) is 0.818. The molecule has 0 radical (unpaired) electrons. The fraction of sp³-hybridized carbons (Fsp3) is 0.500. The number of ether oxygens (including phenoxy) is 1. The summed E-state index contributed by atoms with van der Waals surface area (Å²) in [5.74, 6) is 0. The number of rotatable bonds is 2. The highest BCUT2D eigenvalue weighted by molar-refractivity contribution is 6.30. The van der Waals surface area contributed by atoms with Gasteiger partial charge in [0.25, 0.3) is 0 Å². The van der Waals surface area contributed by atoms with E-state index in [1.165, 1.54) is 0 Å². The van der Waals surface area contributed by atoms with E-state index >= 15 is 0 Å². The minimum absolute atomic E-state index is 0.284. The van der Waals surface area contributed by atoms with Crippen LogP contribution in [0.5, 0.6) is 0 Å². The maximum Gasteiger partial charge on any atom is 0.111 e. The molecular weight excluding hydrogens is 250 g/mol. The van der Waals surface area contributed by atoms with Crippen molar-refractivity contribution in [1.82, 2.24) is 0 Å². The molecule has 1 N–H and O–H groups in total. The van der Waals surface area contributed by atoms with Crippen LogP contribution in [0.4, 0.5) is 0 Å². The van der Waals surface area contributed by atoms with E-state index in [4.69, 9.17) is 16.3 Å². The van der Waals surface area contributed by atoms with E-state index in [1.54, 1.807) is 18.2 Å². The van der Waals surface area contributed by atoms with Crippen molar-refractivity contribution in [1.29, 1.82) is 5.26 Å². The van der Waals surface area contributed by atoms with Crippen molar-refractivity contribution in [2.75, 3.05) is 13.2 Å². The van der Waals surface area contributed by atoms with Crippen molar-refractivity contribution in [2.45, 2.75) is 25.9 Å². The summed E-state index contributed by atoms with van der Waals surface area (Å²) in [6.45, 7) is 2.83. The van der Waals surface area contributed by atoms with E-state index in [0.29, 0.717) is 18.1 Å². The Bertz CT molecular complexity index is 475. The molecule has 1 aliphatic heterocycles. The molecule has 0 spiro atoms. The molecule has 1 aliphatic rings. The number of aliphatic hydroxyl groups excluding tert-OH is 1. The van der Waals surface area contributed by atoms with Crippen LogP contribution in [0, 0.1) is 23.7 Å². The third-order valence-electron chi connectivity index (χ3n) is 3.54. The van der Waals surface area contributed by atoms with Crippen molar-refractivity contribution >= 4 is 11.6 Å². The molecule has 1 aromatic rings. The second-order valence-electron chi connectivity index (χ2n) is 4.83. The van der Waals surface area contributed by atoms with Gasteiger partial charge in [-0.25, -0.2) is 0 Å². The maximum atomic E-state index is 10.5. The first-order valence-corrected chi connectivity index (χ1v) is 6.40. The van der Waals surface area contributed by atoms with Gasteiger partial charge in [0.15, 0.2) is 0 Å². The number of benzene rings is 1. The highest BCUT2D eigenvalue weighted by atomic mass is 35.5. The number of aryl methyl sites for hydroxylation is 1. The van der Waals surface area contributed by atoms with E-state index < -0.39 is 11.5 Å². The summed E-state index contributed by atoms with van der Waals surface area (Å²) in [4.78, 5) is 0. The zero-order valence-electron chi connectivity index (χ0n) is 10.3. The van der Waals surface area contributed by atoms with E-state index in [9.17, 15) is 10.4 Å². The summed E-state index contributed by atoms with van der Waals surface area (Å²) in [6.07, 6.45) is 0.629. The van der Waals surface area contributed by atoms with Crippen LogP contribution in [0.2, 0.25) is 5.02 Å². The van der Waals surface area contributed by atoms with E-state index in [-0.39, 0.29) is 6.61 Å². The summed E-state index contributed by atoms with van der Waals surface area (Å²) in [5, 5.41) is 20.6. The van der Waals surface area contributed by atoms with Crippen LogP contribution in [0.1, 0.15) is 30.1 Å². The molecule has 1 heterocycles. The standard InChI is InChI=1S/C14H16ClNO2/c1-10-7-11(15)3-4-12(10)13(17)14(8-16)5-2-6-18-9-14/h3-4,7,13,17H,2,5-6,9H2,1H3. The summed E-state index contributed by atoms with van der Waals surface area (Å²) >= 11 is 5.90. The summed E-state index contributed by atoms with van der Waals surface area (Å²) in [7, 11) is 0. The van der Waals surface area contributed by atoms with Gasteiger partial charge in [-0.05, 0) is 43.0 Å². The molecule has 18 heavy (non-hydrogen) atoms. The van der Waals surface area contributed by atoms with Crippen molar-refractivity contribution in [2.24, 2.45) is 5.41 Å². The van der Waals surface area contributed by atoms with Crippen LogP contribution >= 0.6 is 11.6 Å². The molecule has 2 atom stereocenters. The first kappa shape index (κ1) is 13.4. The molecule has 0 bridgehead atoms. The number of hydrogen-bond donors (Lipinski definition) is 1. The van der Waals surface area contributed by atoms with Crippen LogP contribution < -0.4 is 0 Å². The smallest absolute Gasteiger partial charge is 0.111 e. The van der Waals surface area contributed by atoms with Crippen molar-refractivity contribution < 1.29 is 9.84 Å². The Morgan fingerprint density at radius 3 is 2.89 bits per heavy atom. The van der Waals surface area contributed by atoms with Crippen molar-refractivity contribution in [3.05, 3.63) is 34.3 Å². The molecular formula is C14H16ClNO2. The first-order chi connectivity index (χ1) is 8.59. The van der Waals surface area contributed by atoms with Crippen LogP contribution in [-0.2, 0) is 4.74 Å². The van der Waals surface area contributed by atoms with Crippen LogP contribution in [0.3, 0.4) is 0 Å². The van der Waals surface area contributed by atoms with Gasteiger partial charge in [0.2, 0.25) is 0 Å². The van der Waals surface area contributed by atoms with Crippen LogP contribution in [0.15, 0.2) is 18.2 Å². The Morgan fingerprint density at radius 1 is 1.56 bits per heavy atom. The number of aliphatic hydroxyl groups is 1. The Morgan fingerprint density at radius 2 is 2.33 bits per heavy atom. The van der Waals surface area contributed by atoms with Gasteiger partial charge < -0.3 is 9.84 Å². The highest BCUT2D eigenvalue weighted by Crippen LogP contribution is 2.41. The van der Waals surface area contributed by atoms with Gasteiger partial charge in [-0.2, -0.15) is 5.26 Å². The van der Waals surface area contributed by atoms with Crippen molar-refractivity contribution in [3.8, 4) is 6.07 Å². The topological polar surface area (TPSA) is 53.2 Å². The number of nitrogens with zero attached hydrogens (tertiary/aromatic N) is 1. The van der Waals surface area contributed by atoms with Gasteiger partial charge in [0.05, 0.1) is 12.7 Å². The predicted octanol–water partition coefficient (Wildman–Crippen LogP) is 3.00. The number of halogens is 1. The monoisotopic (exact) mass is 265 g/mol. The highest BCUT2D eigenvalue weighted by Gasteiger charge is 2.41. The molecule has 4 heteroatoms. The Hall–Kier alpha value is -1.08. The minimum Gasteiger partial charge on any atom is -0.387 e. The summed E-state index contributed by atoms with van der Waals surface area (Å²) < 4.78 is 5.37. The third-order valence-corrected chi connectivity index (χ3v) is 3.78. The molecule has 0 aliphatic carbocycles. The fourth-order valence-corrected chi connectivity index (χ4v) is 2.65. The van der Waals surface area contributed by atoms with Gasteiger partial charge in [-0.1, -0.05) is 17.7 Å². The van der Waals surface area contributed by atoms with Gasteiger partial charge in [0.1, 0.15) is 11.5 Å². The number of nitriles is 1. The lowest BCUT2D eigenvalue weighted by molar-refractivity contribution is -0.0507. The van der Waals surface area contributed by atoms with Crippen LogP contribution in [0.25, 0.3) is 0 Å². The third kappa shape index (κ3) is 2.37. The Kier molecular flexibility index (Phi) is 3.91. The van der Waals surface area contributed by atoms with E-state index in [1.807, 2.05) is 6.92 Å². The molecule has 1 fully saturated rings. The Labute approximate surface area is 112 Å². The average Bonchev–Trinajstić information content (AvgIpc) is 2.39. The minimum atomic E-state index is -0.836. The molecule has 2 rings (SSSR count). The second kappa shape index (κ2) is 5.27. The largest absolute Gasteiger partial charge is 0.387 e. The molecule has 0 saturated carbocycles. The zero-order chi connectivity index (χ0) is 13.2. The lowest BCUT2D eigenvalue weighted by Gasteiger charge is -2.35. The SMILES string of the molecule is Cc1cc(Cl)ccc1C(O)C1(C#N)CCCOC1. The molecule has 3 nitrogen and oxygen atoms in total. The second-order valence-corrected chi connectivity index (χ2v) is 5.26. The first-order valence-electron chi connectivity index (χ1n) is 6.02. The van der Waals surface area contributed by atoms with Gasteiger partial charge in [0, 0.05) is 11.6 Å². The molecule has 2 unspecified atom stereocenters. The quantitative estimate of drug-likeness (QED) is 0.894.